The lowest BCUT2D eigenvalue weighted by atomic mass is 10.6. The molecule has 0 atom stereocenters. The van der Waals surface area contributed by atoms with Crippen LogP contribution in [0.1, 0.15) is 13.8 Å². The molecule has 70 valence electrons. The van der Waals surface area contributed by atoms with E-state index < -0.39 is 11.9 Å². The summed E-state index contributed by atoms with van der Waals surface area (Å²) in [5, 5.41) is 17.5. The van der Waals surface area contributed by atoms with E-state index in [-0.39, 0.29) is 12.5 Å². The number of carboxylic acid groups (broad SMARTS) is 2. The lowest BCUT2D eigenvalue weighted by Crippen LogP contribution is -2.26. The van der Waals surface area contributed by atoms with Crippen molar-refractivity contribution in [3.63, 3.8) is 0 Å². The van der Waals surface area contributed by atoms with Gasteiger partial charge in [-0.3, -0.25) is 14.4 Å². The zero-order chi connectivity index (χ0) is 10.1. The number of carbonyl (C=O) groups excluding carboxylic acids is 1. The van der Waals surface area contributed by atoms with E-state index in [0.29, 0.717) is 0 Å². The second-order valence-corrected chi connectivity index (χ2v) is 1.82. The molecule has 6 nitrogen and oxygen atoms in total. The zero-order valence-electron chi connectivity index (χ0n) is 6.83. The zero-order valence-corrected chi connectivity index (χ0v) is 6.83. The first kappa shape index (κ1) is 13.0. The fourth-order valence-electron chi connectivity index (χ4n) is 0.200. The van der Waals surface area contributed by atoms with Crippen LogP contribution in [-0.2, 0) is 14.4 Å². The van der Waals surface area contributed by atoms with Crippen molar-refractivity contribution in [1.82, 2.24) is 5.32 Å². The van der Waals surface area contributed by atoms with Crippen molar-refractivity contribution in [3.8, 4) is 0 Å². The Morgan fingerprint density at radius 1 is 1.17 bits per heavy atom. The number of amides is 1. The average Bonchev–Trinajstić information content (AvgIpc) is 1.82. The Labute approximate surface area is 69.2 Å². The molecule has 0 aliphatic carbocycles. The third-order valence-corrected chi connectivity index (χ3v) is 0.489. The highest BCUT2D eigenvalue weighted by Gasteiger charge is 1.94. The number of nitrogens with one attached hydrogen (secondary N) is 1. The molecule has 0 saturated carbocycles. The molecule has 3 N–H and O–H groups in total. The molecule has 0 fully saturated rings. The molecule has 1 amide bonds. The third kappa shape index (κ3) is 39.7. The van der Waals surface area contributed by atoms with Gasteiger partial charge in [-0.15, -0.1) is 0 Å². The van der Waals surface area contributed by atoms with Crippen molar-refractivity contribution in [2.45, 2.75) is 13.8 Å². The van der Waals surface area contributed by atoms with Gasteiger partial charge in [0.15, 0.2) is 0 Å². The van der Waals surface area contributed by atoms with Gasteiger partial charge in [0, 0.05) is 13.8 Å². The highest BCUT2D eigenvalue weighted by atomic mass is 16.4. The molecule has 0 bridgehead atoms. The van der Waals surface area contributed by atoms with Gasteiger partial charge in [-0.25, -0.2) is 0 Å². The Balaban J connectivity index is 0. The van der Waals surface area contributed by atoms with Gasteiger partial charge >= 0.3 is 5.97 Å². The molecule has 0 aromatic carbocycles. The van der Waals surface area contributed by atoms with Gasteiger partial charge in [0.05, 0.1) is 0 Å². The van der Waals surface area contributed by atoms with E-state index >= 15 is 0 Å². The molecule has 6 heteroatoms. The second kappa shape index (κ2) is 7.52. The summed E-state index contributed by atoms with van der Waals surface area (Å²) in [6.45, 7) is 2.05. The maximum atomic E-state index is 9.97. The van der Waals surface area contributed by atoms with Crippen molar-refractivity contribution < 1.29 is 24.6 Å². The van der Waals surface area contributed by atoms with E-state index in [1.54, 1.807) is 0 Å². The summed E-state index contributed by atoms with van der Waals surface area (Å²) in [5.74, 6) is -2.19. The lowest BCUT2D eigenvalue weighted by molar-refractivity contribution is -0.137. The largest absolute Gasteiger partial charge is 0.481 e. The minimum Gasteiger partial charge on any atom is -0.481 e. The van der Waals surface area contributed by atoms with Crippen LogP contribution in [0, 0.1) is 0 Å². The SMILES string of the molecule is CC(=O)NCC(=O)O.CC(=O)O. The van der Waals surface area contributed by atoms with Crippen molar-refractivity contribution in [2.24, 2.45) is 0 Å². The van der Waals surface area contributed by atoms with E-state index in [4.69, 9.17) is 15.0 Å². The van der Waals surface area contributed by atoms with E-state index in [1.807, 2.05) is 0 Å². The van der Waals surface area contributed by atoms with Crippen LogP contribution in [0.15, 0.2) is 0 Å². The molecule has 0 spiro atoms. The maximum Gasteiger partial charge on any atom is 0.322 e. The van der Waals surface area contributed by atoms with Gasteiger partial charge in [-0.2, -0.15) is 0 Å². The van der Waals surface area contributed by atoms with E-state index in [9.17, 15) is 9.59 Å². The molecule has 12 heavy (non-hydrogen) atoms. The highest BCUT2D eigenvalue weighted by Crippen LogP contribution is 1.60. The average molecular weight is 177 g/mol. The van der Waals surface area contributed by atoms with Crippen molar-refractivity contribution >= 4 is 17.8 Å². The second-order valence-electron chi connectivity index (χ2n) is 1.82. The first-order chi connectivity index (χ1) is 5.36. The third-order valence-electron chi connectivity index (χ3n) is 0.489. The lowest BCUT2D eigenvalue weighted by Gasteiger charge is -1.92. The predicted molar refractivity (Wildman–Crippen MR) is 39.6 cm³/mol. The number of hydrogen-bond donors (Lipinski definition) is 3. The number of rotatable bonds is 2. The number of hydrogen-bond acceptors (Lipinski definition) is 3. The first-order valence-corrected chi connectivity index (χ1v) is 3.02. The quantitative estimate of drug-likeness (QED) is 0.517. The summed E-state index contributed by atoms with van der Waals surface area (Å²) in [5.41, 5.74) is 0. The van der Waals surface area contributed by atoms with Crippen LogP contribution < -0.4 is 5.32 Å². The normalized spacial score (nSPS) is 7.50. The molecule has 0 aliphatic heterocycles. The van der Waals surface area contributed by atoms with E-state index in [1.165, 1.54) is 6.92 Å². The predicted octanol–water partition coefficient (Wildman–Crippen LogP) is -0.702. The molecular formula is C6H11NO5. The molecule has 0 aliphatic rings. The Morgan fingerprint density at radius 2 is 1.50 bits per heavy atom. The van der Waals surface area contributed by atoms with Gasteiger partial charge in [0.25, 0.3) is 5.97 Å². The molecule has 0 aromatic rings. The summed E-state index contributed by atoms with van der Waals surface area (Å²) >= 11 is 0. The van der Waals surface area contributed by atoms with Gasteiger partial charge in [0.2, 0.25) is 5.91 Å². The first-order valence-electron chi connectivity index (χ1n) is 3.02. The van der Waals surface area contributed by atoms with E-state index in [0.717, 1.165) is 6.92 Å². The van der Waals surface area contributed by atoms with E-state index in [2.05, 4.69) is 5.32 Å². The molecule has 0 saturated heterocycles. The Morgan fingerprint density at radius 3 is 1.58 bits per heavy atom. The van der Waals surface area contributed by atoms with Crippen LogP contribution in [0.25, 0.3) is 0 Å². The maximum absolute atomic E-state index is 9.97. The monoisotopic (exact) mass is 177 g/mol. The van der Waals surface area contributed by atoms with Crippen molar-refractivity contribution in [3.05, 3.63) is 0 Å². The number of carboxylic acids is 2. The van der Waals surface area contributed by atoms with Crippen LogP contribution in [0.5, 0.6) is 0 Å². The Kier molecular flexibility index (Phi) is 8.16. The topological polar surface area (TPSA) is 104 Å². The summed E-state index contributed by atoms with van der Waals surface area (Å²) in [7, 11) is 0. The van der Waals surface area contributed by atoms with Crippen LogP contribution >= 0.6 is 0 Å². The summed E-state index contributed by atoms with van der Waals surface area (Å²) < 4.78 is 0. The number of carbonyl (C=O) groups is 3. The molecule has 0 unspecified atom stereocenters. The Hall–Kier alpha value is -1.59. The minimum atomic E-state index is -1.03. The molecule has 0 radical (unpaired) electrons. The summed E-state index contributed by atoms with van der Waals surface area (Å²) in [6, 6.07) is 0. The smallest absolute Gasteiger partial charge is 0.322 e. The van der Waals surface area contributed by atoms with Gasteiger partial charge in [-0.1, -0.05) is 0 Å². The Bertz CT molecular complexity index is 159. The van der Waals surface area contributed by atoms with Gasteiger partial charge in [0.1, 0.15) is 6.54 Å². The van der Waals surface area contributed by atoms with Crippen molar-refractivity contribution in [2.75, 3.05) is 6.54 Å². The summed E-state index contributed by atoms with van der Waals surface area (Å²) in [6.07, 6.45) is 0. The molecule has 0 aromatic heterocycles. The van der Waals surface area contributed by atoms with Crippen LogP contribution in [0.4, 0.5) is 0 Å². The fraction of sp³-hybridized carbons (Fsp3) is 0.500. The molecule has 0 heterocycles. The van der Waals surface area contributed by atoms with Crippen LogP contribution in [0.3, 0.4) is 0 Å². The highest BCUT2D eigenvalue weighted by molar-refractivity contribution is 5.79. The summed E-state index contributed by atoms with van der Waals surface area (Å²) in [4.78, 5) is 28.7. The fourth-order valence-corrected chi connectivity index (χ4v) is 0.200. The number of aliphatic carboxylic acids is 2. The van der Waals surface area contributed by atoms with Gasteiger partial charge < -0.3 is 15.5 Å². The minimum absolute atomic E-state index is 0.296. The standard InChI is InChI=1S/C4H7NO3.C2H4O2/c1-3(6)5-2-4(7)8;1-2(3)4/h2H2,1H3,(H,5,6)(H,7,8);1H3,(H,3,4). The molecule has 0 rings (SSSR count). The molecular weight excluding hydrogens is 166 g/mol. The van der Waals surface area contributed by atoms with Crippen LogP contribution in [0.2, 0.25) is 0 Å². The van der Waals surface area contributed by atoms with Crippen molar-refractivity contribution in [1.29, 1.82) is 0 Å². The van der Waals surface area contributed by atoms with Gasteiger partial charge in [-0.05, 0) is 0 Å². The van der Waals surface area contributed by atoms with Crippen LogP contribution in [-0.4, -0.2) is 34.6 Å².